The van der Waals surface area contributed by atoms with Gasteiger partial charge in [0.15, 0.2) is 0 Å². The number of β-amino-alcohol motifs (C(OH)–C–C–N with tert-alkyl or cyclic N) is 1. The number of hydrogen-bond donors (Lipinski definition) is 2. The van der Waals surface area contributed by atoms with Crippen LogP contribution < -0.4 is 5.32 Å². The van der Waals surface area contributed by atoms with Gasteiger partial charge in [0, 0.05) is 10.8 Å². The minimum atomic E-state index is -0.916. The fraction of sp³-hybridized carbons (Fsp3) is 0.429. The number of imide groups is 1. The molecule has 0 aromatic heterocycles. The van der Waals surface area contributed by atoms with Crippen LogP contribution in [0.2, 0.25) is 5.02 Å². The average molecular weight is 327 g/mol. The summed E-state index contributed by atoms with van der Waals surface area (Å²) in [4.78, 5) is 25.6. The third-order valence-electron chi connectivity index (χ3n) is 3.88. The second-order valence-electron chi connectivity index (χ2n) is 5.30. The normalized spacial score (nSPS) is 26.5. The van der Waals surface area contributed by atoms with Crippen molar-refractivity contribution in [2.75, 3.05) is 18.1 Å². The molecule has 5 nitrogen and oxygen atoms in total. The van der Waals surface area contributed by atoms with E-state index in [-0.39, 0.29) is 12.5 Å². The zero-order valence-corrected chi connectivity index (χ0v) is 12.8. The van der Waals surface area contributed by atoms with Gasteiger partial charge < -0.3 is 10.4 Å². The lowest BCUT2D eigenvalue weighted by Gasteiger charge is -2.21. The van der Waals surface area contributed by atoms with Crippen LogP contribution >= 0.6 is 23.4 Å². The summed E-state index contributed by atoms with van der Waals surface area (Å²) in [5.74, 6) is 1.23. The fourth-order valence-electron chi connectivity index (χ4n) is 2.64. The highest BCUT2D eigenvalue weighted by atomic mass is 35.5. The van der Waals surface area contributed by atoms with Crippen LogP contribution in [0.5, 0.6) is 0 Å². The molecule has 0 aliphatic carbocycles. The number of rotatable bonds is 3. The van der Waals surface area contributed by atoms with Crippen molar-refractivity contribution < 1.29 is 14.7 Å². The molecule has 2 heterocycles. The van der Waals surface area contributed by atoms with Crippen molar-refractivity contribution in [3.05, 3.63) is 34.9 Å². The Kier molecular flexibility index (Phi) is 3.86. The number of carbonyl (C=O) groups is 2. The fourth-order valence-corrected chi connectivity index (χ4v) is 4.09. The van der Waals surface area contributed by atoms with Crippen LogP contribution in [0.25, 0.3) is 0 Å². The van der Waals surface area contributed by atoms with Gasteiger partial charge in [-0.15, -0.1) is 0 Å². The van der Waals surface area contributed by atoms with Gasteiger partial charge in [-0.3, -0.25) is 9.69 Å². The van der Waals surface area contributed by atoms with E-state index in [1.165, 1.54) is 0 Å². The molecule has 0 bridgehead atoms. The Morgan fingerprint density at radius 3 is 2.71 bits per heavy atom. The number of carbonyl (C=O) groups excluding carboxylic acids is 2. The second kappa shape index (κ2) is 5.51. The third kappa shape index (κ3) is 2.63. The van der Waals surface area contributed by atoms with E-state index >= 15 is 0 Å². The lowest BCUT2D eigenvalue weighted by molar-refractivity contribution is -0.131. The molecule has 0 radical (unpaired) electrons. The Labute approximate surface area is 131 Å². The number of amides is 3. The van der Waals surface area contributed by atoms with Gasteiger partial charge in [0.05, 0.1) is 12.6 Å². The highest BCUT2D eigenvalue weighted by Crippen LogP contribution is 2.34. The number of aliphatic hydroxyl groups is 1. The minimum Gasteiger partial charge on any atom is -0.387 e. The highest BCUT2D eigenvalue weighted by molar-refractivity contribution is 7.99. The summed E-state index contributed by atoms with van der Waals surface area (Å²) >= 11 is 7.46. The summed E-state index contributed by atoms with van der Waals surface area (Å²) in [5, 5.41) is 13.6. The first-order chi connectivity index (χ1) is 10.0. The SMILES string of the molecule is O=C1N[C@]2(CCSC2)C(=O)N1C[C@@H](O)c1ccc(Cl)cc1. The molecule has 2 aliphatic rings. The van der Waals surface area contributed by atoms with E-state index in [0.717, 1.165) is 10.7 Å². The van der Waals surface area contributed by atoms with Gasteiger partial charge >= 0.3 is 6.03 Å². The van der Waals surface area contributed by atoms with E-state index in [4.69, 9.17) is 11.6 Å². The van der Waals surface area contributed by atoms with Gasteiger partial charge in [-0.2, -0.15) is 11.8 Å². The van der Waals surface area contributed by atoms with Crippen molar-refractivity contribution in [1.29, 1.82) is 0 Å². The van der Waals surface area contributed by atoms with Crippen LogP contribution in [0.15, 0.2) is 24.3 Å². The molecule has 1 aromatic carbocycles. The van der Waals surface area contributed by atoms with Crippen LogP contribution in [-0.2, 0) is 4.79 Å². The molecule has 112 valence electrons. The largest absolute Gasteiger partial charge is 0.387 e. The van der Waals surface area contributed by atoms with Gasteiger partial charge in [0.1, 0.15) is 5.54 Å². The van der Waals surface area contributed by atoms with E-state index < -0.39 is 17.7 Å². The lowest BCUT2D eigenvalue weighted by atomic mass is 9.99. The smallest absolute Gasteiger partial charge is 0.325 e. The highest BCUT2D eigenvalue weighted by Gasteiger charge is 2.53. The molecule has 1 spiro atoms. The summed E-state index contributed by atoms with van der Waals surface area (Å²) in [5.41, 5.74) is -0.136. The number of nitrogens with one attached hydrogen (secondary N) is 1. The van der Waals surface area contributed by atoms with E-state index in [9.17, 15) is 14.7 Å². The summed E-state index contributed by atoms with van der Waals surface area (Å²) < 4.78 is 0. The summed E-state index contributed by atoms with van der Waals surface area (Å²) in [7, 11) is 0. The molecule has 21 heavy (non-hydrogen) atoms. The van der Waals surface area contributed by atoms with E-state index in [1.807, 2.05) is 0 Å². The van der Waals surface area contributed by atoms with Gasteiger partial charge in [-0.1, -0.05) is 23.7 Å². The minimum absolute atomic E-state index is 0.0429. The molecule has 2 aliphatic heterocycles. The molecule has 3 rings (SSSR count). The van der Waals surface area contributed by atoms with Crippen LogP contribution in [0.4, 0.5) is 4.79 Å². The molecule has 2 fully saturated rings. The Balaban J connectivity index is 1.74. The third-order valence-corrected chi connectivity index (χ3v) is 5.32. The van der Waals surface area contributed by atoms with Crippen molar-refractivity contribution in [2.24, 2.45) is 0 Å². The van der Waals surface area contributed by atoms with Crippen molar-refractivity contribution in [3.63, 3.8) is 0 Å². The predicted octanol–water partition coefficient (Wildman–Crippen LogP) is 1.80. The van der Waals surface area contributed by atoms with Gasteiger partial charge in [0.2, 0.25) is 0 Å². The van der Waals surface area contributed by atoms with Gasteiger partial charge in [-0.25, -0.2) is 4.79 Å². The maximum absolute atomic E-state index is 12.5. The molecule has 3 amide bonds. The summed E-state index contributed by atoms with van der Waals surface area (Å²) in [6.07, 6.45) is -0.267. The quantitative estimate of drug-likeness (QED) is 0.831. The maximum atomic E-state index is 12.5. The Hall–Kier alpha value is -1.24. The van der Waals surface area contributed by atoms with Crippen LogP contribution in [-0.4, -0.2) is 45.5 Å². The van der Waals surface area contributed by atoms with Gasteiger partial charge in [0.25, 0.3) is 5.91 Å². The zero-order valence-electron chi connectivity index (χ0n) is 11.2. The number of nitrogens with zero attached hydrogens (tertiary/aromatic N) is 1. The molecular formula is C14H15ClN2O3S. The number of halogens is 1. The van der Waals surface area contributed by atoms with Crippen LogP contribution in [0, 0.1) is 0 Å². The summed E-state index contributed by atoms with van der Waals surface area (Å²) in [6, 6.07) is 6.29. The van der Waals surface area contributed by atoms with E-state index in [1.54, 1.807) is 36.0 Å². The molecular weight excluding hydrogens is 312 g/mol. The number of hydrogen-bond acceptors (Lipinski definition) is 4. The van der Waals surface area contributed by atoms with Crippen molar-refractivity contribution >= 4 is 35.3 Å². The maximum Gasteiger partial charge on any atom is 0.325 e. The number of benzene rings is 1. The standard InChI is InChI=1S/C14H15ClN2O3S/c15-10-3-1-9(2-4-10)11(18)7-17-12(19)14(16-13(17)20)5-6-21-8-14/h1-4,11,18H,5-8H2,(H,16,20)/t11-,14+/m1/s1. The number of aliphatic hydroxyl groups excluding tert-OH is 1. The summed E-state index contributed by atoms with van der Waals surface area (Å²) in [6.45, 7) is -0.0429. The topological polar surface area (TPSA) is 69.6 Å². The van der Waals surface area contributed by atoms with E-state index in [2.05, 4.69) is 5.32 Å². The first kappa shape index (κ1) is 14.7. The van der Waals surface area contributed by atoms with Crippen molar-refractivity contribution in [1.82, 2.24) is 10.2 Å². The lowest BCUT2D eigenvalue weighted by Crippen LogP contribution is -2.47. The Morgan fingerprint density at radius 2 is 2.10 bits per heavy atom. The number of thioether (sulfide) groups is 1. The Morgan fingerprint density at radius 1 is 1.38 bits per heavy atom. The van der Waals surface area contributed by atoms with Crippen molar-refractivity contribution in [2.45, 2.75) is 18.1 Å². The molecule has 2 atom stereocenters. The molecule has 2 saturated heterocycles. The first-order valence-electron chi connectivity index (χ1n) is 6.67. The average Bonchev–Trinajstić information content (AvgIpc) is 3.01. The molecule has 0 saturated carbocycles. The van der Waals surface area contributed by atoms with Crippen molar-refractivity contribution in [3.8, 4) is 0 Å². The van der Waals surface area contributed by atoms with Crippen LogP contribution in [0.1, 0.15) is 18.1 Å². The molecule has 1 aromatic rings. The Bertz CT molecular complexity index is 572. The number of urea groups is 1. The monoisotopic (exact) mass is 326 g/mol. The molecule has 7 heteroatoms. The molecule has 0 unspecified atom stereocenters. The molecule has 2 N–H and O–H groups in total. The van der Waals surface area contributed by atoms with E-state index in [0.29, 0.717) is 22.8 Å². The van der Waals surface area contributed by atoms with Crippen LogP contribution in [0.3, 0.4) is 0 Å². The second-order valence-corrected chi connectivity index (χ2v) is 6.84. The zero-order chi connectivity index (χ0) is 15.0. The van der Waals surface area contributed by atoms with Gasteiger partial charge in [-0.05, 0) is 29.9 Å². The predicted molar refractivity (Wildman–Crippen MR) is 81.3 cm³/mol. The first-order valence-corrected chi connectivity index (χ1v) is 8.20.